The van der Waals surface area contributed by atoms with Crippen molar-refractivity contribution in [1.29, 1.82) is 0 Å². The summed E-state index contributed by atoms with van der Waals surface area (Å²) >= 11 is 0. The topological polar surface area (TPSA) is 162 Å². The third-order valence-corrected chi connectivity index (χ3v) is 6.80. The lowest BCUT2D eigenvalue weighted by Crippen LogP contribution is -2.35. The molecule has 0 saturated carbocycles. The Morgan fingerprint density at radius 1 is 1.32 bits per heavy atom. The van der Waals surface area contributed by atoms with Crippen LogP contribution >= 0.6 is 0 Å². The van der Waals surface area contributed by atoms with Crippen LogP contribution in [0.15, 0.2) is 12.3 Å². The Kier molecular flexibility index (Phi) is 7.59. The number of aryl methyl sites for hydroxylation is 1. The fraction of sp³-hybridized carbons (Fsp3) is 0.444. The maximum atomic E-state index is 12.4. The number of rotatable bonds is 6. The molecular formula is C27H35N9O4. The van der Waals surface area contributed by atoms with E-state index in [-0.39, 0.29) is 11.8 Å². The van der Waals surface area contributed by atoms with Gasteiger partial charge in [-0.15, -0.1) is 5.10 Å². The van der Waals surface area contributed by atoms with E-state index in [4.69, 9.17) is 20.3 Å². The highest BCUT2D eigenvalue weighted by Gasteiger charge is 2.27. The summed E-state index contributed by atoms with van der Waals surface area (Å²) in [5.74, 6) is 0.258. The van der Waals surface area contributed by atoms with Crippen molar-refractivity contribution in [2.75, 3.05) is 19.7 Å². The number of aliphatic hydroxyl groups is 1. The number of pyridine rings is 1. The van der Waals surface area contributed by atoms with Crippen molar-refractivity contribution < 1.29 is 19.4 Å². The van der Waals surface area contributed by atoms with Crippen LogP contribution in [0, 0.1) is 0 Å². The Balaban J connectivity index is 1.74. The van der Waals surface area contributed by atoms with Crippen LogP contribution in [-0.4, -0.2) is 82.6 Å². The van der Waals surface area contributed by atoms with Crippen LogP contribution in [0.5, 0.6) is 11.8 Å². The molecule has 0 radical (unpaired) electrons. The molecule has 1 amide bonds. The number of primary amides is 1. The second kappa shape index (κ2) is 11.1. The Labute approximate surface area is 231 Å². The molecule has 1 aliphatic heterocycles. The molecule has 212 valence electrons. The van der Waals surface area contributed by atoms with Gasteiger partial charge in [0.15, 0.2) is 11.3 Å². The first-order chi connectivity index (χ1) is 19.2. The first kappa shape index (κ1) is 27.3. The molecule has 0 spiro atoms. The van der Waals surface area contributed by atoms with Crippen LogP contribution in [0.4, 0.5) is 0 Å². The minimum Gasteiger partial charge on any atom is -0.476 e. The highest BCUT2D eigenvalue weighted by Crippen LogP contribution is 2.36. The van der Waals surface area contributed by atoms with E-state index >= 15 is 0 Å². The van der Waals surface area contributed by atoms with Crippen molar-refractivity contribution in [3.63, 3.8) is 0 Å². The van der Waals surface area contributed by atoms with Gasteiger partial charge in [0.1, 0.15) is 6.10 Å². The van der Waals surface area contributed by atoms with E-state index in [0.717, 1.165) is 23.2 Å². The first-order valence-electron chi connectivity index (χ1n) is 13.4. The highest BCUT2D eigenvalue weighted by molar-refractivity contribution is 6.00. The summed E-state index contributed by atoms with van der Waals surface area (Å²) in [5.41, 5.74) is 9.90. The molecule has 4 N–H and O–H groups in total. The maximum Gasteiger partial charge on any atom is 0.270 e. The number of carbonyl (C=O) groups excluding carboxylic acids is 1. The lowest BCUT2D eigenvalue weighted by molar-refractivity contribution is 0.0995. The van der Waals surface area contributed by atoms with Gasteiger partial charge in [-0.2, -0.15) is 10.2 Å². The SMILES string of the molecule is CCOc1nn(C[C@H](C)O)c2c1/C=C/c1[nH]nc3ncc(cc13)-c1c(C(N)=O)nn(C)c1O[C@@H](C)CN(CC)C2. The van der Waals surface area contributed by atoms with Crippen molar-refractivity contribution in [3.8, 4) is 22.9 Å². The molecule has 0 unspecified atom stereocenters. The van der Waals surface area contributed by atoms with Gasteiger partial charge in [0.05, 0.1) is 41.8 Å². The number of H-pyrrole nitrogens is 1. The fourth-order valence-corrected chi connectivity index (χ4v) is 5.00. The van der Waals surface area contributed by atoms with Crippen molar-refractivity contribution >= 4 is 29.1 Å². The lowest BCUT2D eigenvalue weighted by atomic mass is 10.1. The third-order valence-electron chi connectivity index (χ3n) is 6.80. The normalized spacial score (nSPS) is 17.5. The Morgan fingerprint density at radius 3 is 2.83 bits per heavy atom. The predicted octanol–water partition coefficient (Wildman–Crippen LogP) is 2.21. The van der Waals surface area contributed by atoms with Crippen molar-refractivity contribution in [1.82, 2.24) is 39.6 Å². The second-order valence-electron chi connectivity index (χ2n) is 9.97. The summed E-state index contributed by atoms with van der Waals surface area (Å²) < 4.78 is 15.7. The molecule has 13 heteroatoms. The van der Waals surface area contributed by atoms with Crippen molar-refractivity contribution in [3.05, 3.63) is 34.9 Å². The van der Waals surface area contributed by atoms with Crippen LogP contribution in [0.1, 0.15) is 55.1 Å². The number of aliphatic hydroxyl groups excluding tert-OH is 1. The fourth-order valence-electron chi connectivity index (χ4n) is 5.00. The van der Waals surface area contributed by atoms with E-state index in [1.54, 1.807) is 20.2 Å². The molecule has 5 heterocycles. The molecule has 2 bridgehead atoms. The number of carbonyl (C=O) groups is 1. The molecule has 0 fully saturated rings. The molecule has 5 rings (SSSR count). The summed E-state index contributed by atoms with van der Waals surface area (Å²) in [7, 11) is 1.72. The van der Waals surface area contributed by atoms with Gasteiger partial charge in [-0.05, 0) is 45.5 Å². The first-order valence-corrected chi connectivity index (χ1v) is 13.4. The minimum absolute atomic E-state index is 0.107. The zero-order chi connectivity index (χ0) is 28.6. The van der Waals surface area contributed by atoms with Crippen LogP contribution in [0.3, 0.4) is 0 Å². The number of aromatic amines is 1. The predicted molar refractivity (Wildman–Crippen MR) is 150 cm³/mol. The van der Waals surface area contributed by atoms with Crippen LogP contribution in [0.25, 0.3) is 34.3 Å². The number of nitrogens with two attached hydrogens (primary N) is 1. The molecular weight excluding hydrogens is 514 g/mol. The quantitative estimate of drug-likeness (QED) is 0.327. The highest BCUT2D eigenvalue weighted by atomic mass is 16.5. The van der Waals surface area contributed by atoms with Crippen LogP contribution in [-0.2, 0) is 20.1 Å². The van der Waals surface area contributed by atoms with Crippen LogP contribution in [0.2, 0.25) is 0 Å². The summed E-state index contributed by atoms with van der Waals surface area (Å²) in [6.07, 6.45) is 4.62. The van der Waals surface area contributed by atoms with E-state index in [1.165, 1.54) is 4.68 Å². The van der Waals surface area contributed by atoms with Gasteiger partial charge < -0.3 is 20.3 Å². The number of hydrogen-bond donors (Lipinski definition) is 3. The molecule has 13 nitrogen and oxygen atoms in total. The second-order valence-corrected chi connectivity index (χ2v) is 9.97. The average molecular weight is 550 g/mol. The number of nitrogens with zero attached hydrogens (tertiary/aromatic N) is 7. The molecule has 0 saturated heterocycles. The molecule has 1 aliphatic rings. The molecule has 4 aromatic heterocycles. The summed E-state index contributed by atoms with van der Waals surface area (Å²) in [5, 5.41) is 27.5. The number of fused-ring (bicyclic) bond motifs is 4. The smallest absolute Gasteiger partial charge is 0.270 e. The Morgan fingerprint density at radius 2 is 2.12 bits per heavy atom. The maximum absolute atomic E-state index is 12.4. The largest absolute Gasteiger partial charge is 0.476 e. The molecule has 4 aromatic rings. The van der Waals surface area contributed by atoms with E-state index in [2.05, 4.69) is 32.1 Å². The number of hydrogen-bond acceptors (Lipinski definition) is 9. The number of aromatic nitrogens is 7. The van der Waals surface area contributed by atoms with Gasteiger partial charge >= 0.3 is 0 Å². The van der Waals surface area contributed by atoms with E-state index in [1.807, 2.05) is 36.7 Å². The molecule has 2 atom stereocenters. The van der Waals surface area contributed by atoms with Gasteiger partial charge in [-0.25, -0.2) is 9.67 Å². The molecule has 40 heavy (non-hydrogen) atoms. The zero-order valence-electron chi connectivity index (χ0n) is 23.4. The minimum atomic E-state index is -0.657. The monoisotopic (exact) mass is 549 g/mol. The van der Waals surface area contributed by atoms with E-state index in [0.29, 0.717) is 60.5 Å². The van der Waals surface area contributed by atoms with Crippen LogP contribution < -0.4 is 15.2 Å². The number of likely N-dealkylation sites (N-methyl/N-ethyl adjacent to an activating group) is 1. The standard InChI is InChI=1S/C27H35N9O4/c1-6-35-13-16(4)40-27-22(23(24(28)38)32-34(27)5)17-10-19-20(30-31-25(19)29-11-17)9-8-18-21(14-35)36(12-15(3)37)33-26(18)39-7-2/h8-11,15-16,37H,6-7,12-14H2,1-5H3,(H2,28,38)(H,29,30,31)/b9-8+/t15-,16-/m0/s1. The van der Waals surface area contributed by atoms with Gasteiger partial charge in [-0.1, -0.05) is 6.92 Å². The van der Waals surface area contributed by atoms with Gasteiger partial charge in [-0.3, -0.25) is 19.5 Å². The van der Waals surface area contributed by atoms with Gasteiger partial charge in [0.25, 0.3) is 5.91 Å². The zero-order valence-corrected chi connectivity index (χ0v) is 23.4. The third kappa shape index (κ3) is 5.17. The lowest BCUT2D eigenvalue weighted by Gasteiger charge is -2.26. The number of nitrogens with one attached hydrogen (secondary N) is 1. The summed E-state index contributed by atoms with van der Waals surface area (Å²) in [4.78, 5) is 19.1. The van der Waals surface area contributed by atoms with Crippen molar-refractivity contribution in [2.24, 2.45) is 12.8 Å². The molecule has 0 aromatic carbocycles. The Hall–Kier alpha value is -4.23. The average Bonchev–Trinajstić information content (AvgIpc) is 3.55. The van der Waals surface area contributed by atoms with E-state index < -0.39 is 12.0 Å². The van der Waals surface area contributed by atoms with Gasteiger partial charge in [0, 0.05) is 37.3 Å². The summed E-state index contributed by atoms with van der Waals surface area (Å²) in [6, 6.07) is 1.89. The Bertz CT molecular complexity index is 1570. The number of ether oxygens (including phenoxy) is 2. The van der Waals surface area contributed by atoms with E-state index in [9.17, 15) is 9.90 Å². The number of amides is 1. The van der Waals surface area contributed by atoms with Gasteiger partial charge in [0.2, 0.25) is 11.8 Å². The van der Waals surface area contributed by atoms with Crippen molar-refractivity contribution in [2.45, 2.75) is 53.0 Å². The summed E-state index contributed by atoms with van der Waals surface area (Å²) in [6.45, 7) is 10.3. The molecule has 0 aliphatic carbocycles.